The van der Waals surface area contributed by atoms with E-state index in [0.717, 1.165) is 11.4 Å². The van der Waals surface area contributed by atoms with Crippen molar-refractivity contribution < 1.29 is 9.32 Å². The number of aryl methyl sites for hydroxylation is 1. The molecule has 0 unspecified atom stereocenters. The summed E-state index contributed by atoms with van der Waals surface area (Å²) in [5.74, 6) is 1.64. The first-order chi connectivity index (χ1) is 16.0. The number of pyridine rings is 1. The molecule has 1 aromatic carbocycles. The Kier molecular flexibility index (Phi) is 7.05. The van der Waals surface area contributed by atoms with Crippen molar-refractivity contribution in [2.24, 2.45) is 10.7 Å². The fourth-order valence-corrected chi connectivity index (χ4v) is 3.05. The first-order valence-electron chi connectivity index (χ1n) is 10.8. The van der Waals surface area contributed by atoms with Gasteiger partial charge in [0.15, 0.2) is 11.7 Å². The van der Waals surface area contributed by atoms with Crippen LogP contribution in [0.25, 0.3) is 0 Å². The van der Waals surface area contributed by atoms with Crippen LogP contribution in [0.5, 0.6) is 0 Å². The number of carbonyl (C=O) groups is 1. The van der Waals surface area contributed by atoms with Gasteiger partial charge in [0, 0.05) is 31.1 Å². The third-order valence-corrected chi connectivity index (χ3v) is 5.04. The summed E-state index contributed by atoms with van der Waals surface area (Å²) >= 11 is 0. The van der Waals surface area contributed by atoms with Crippen molar-refractivity contribution in [2.45, 2.75) is 33.1 Å². The van der Waals surface area contributed by atoms with Crippen LogP contribution in [0.15, 0.2) is 58.7 Å². The summed E-state index contributed by atoms with van der Waals surface area (Å²) in [6.45, 7) is 11.6. The van der Waals surface area contributed by atoms with Crippen LogP contribution in [0.4, 0.5) is 23.0 Å². The molecule has 9 nitrogen and oxygen atoms in total. The van der Waals surface area contributed by atoms with Crippen LogP contribution in [-0.2, 0) is 5.41 Å². The second kappa shape index (κ2) is 9.78. The minimum atomic E-state index is -0.328. The number of rotatable bonds is 7. The largest absolute Gasteiger partial charge is 0.382 e. The Labute approximate surface area is 199 Å². The highest BCUT2D eigenvalue weighted by Gasteiger charge is 2.21. The second-order valence-electron chi connectivity index (χ2n) is 9.09. The molecule has 0 saturated heterocycles. The number of aliphatic imine (C=N–C) groups is 1. The van der Waals surface area contributed by atoms with Gasteiger partial charge in [-0.25, -0.2) is 9.98 Å². The lowest BCUT2D eigenvalue weighted by molar-refractivity contribution is 0.102. The third kappa shape index (κ3) is 5.61. The zero-order chi connectivity index (χ0) is 25.0. The molecule has 2 aromatic heterocycles. The van der Waals surface area contributed by atoms with E-state index in [1.54, 1.807) is 24.4 Å². The number of amides is 1. The van der Waals surface area contributed by atoms with E-state index < -0.39 is 0 Å². The minimum Gasteiger partial charge on any atom is -0.382 e. The molecule has 3 aromatic rings. The Bertz CT molecular complexity index is 1240. The normalized spacial score (nSPS) is 11.8. The molecule has 1 amide bonds. The third-order valence-electron chi connectivity index (χ3n) is 5.04. The molecule has 0 aliphatic heterocycles. The molecule has 0 saturated carbocycles. The van der Waals surface area contributed by atoms with Crippen LogP contribution in [0, 0.1) is 6.92 Å². The fourth-order valence-electron chi connectivity index (χ4n) is 3.05. The second-order valence-corrected chi connectivity index (χ2v) is 9.09. The van der Waals surface area contributed by atoms with Crippen molar-refractivity contribution in [2.75, 3.05) is 29.6 Å². The highest BCUT2D eigenvalue weighted by atomic mass is 16.5. The molecule has 3 rings (SSSR count). The molecule has 2 heterocycles. The van der Waals surface area contributed by atoms with E-state index >= 15 is 0 Å². The van der Waals surface area contributed by atoms with Gasteiger partial charge < -0.3 is 25.8 Å². The van der Waals surface area contributed by atoms with Crippen molar-refractivity contribution in [3.8, 4) is 0 Å². The molecule has 0 bridgehead atoms. The average molecular weight is 462 g/mol. The maximum atomic E-state index is 12.8. The van der Waals surface area contributed by atoms with E-state index in [-0.39, 0.29) is 17.2 Å². The van der Waals surface area contributed by atoms with Gasteiger partial charge >= 0.3 is 0 Å². The van der Waals surface area contributed by atoms with E-state index in [2.05, 4.69) is 32.3 Å². The van der Waals surface area contributed by atoms with Crippen molar-refractivity contribution in [1.29, 1.82) is 0 Å². The van der Waals surface area contributed by atoms with Crippen LogP contribution in [0.3, 0.4) is 0 Å². The van der Waals surface area contributed by atoms with E-state index in [9.17, 15) is 4.79 Å². The topological polar surface area (TPSA) is 122 Å². The molecule has 0 fully saturated rings. The molecule has 0 atom stereocenters. The summed E-state index contributed by atoms with van der Waals surface area (Å²) in [6, 6.07) is 10.7. The Balaban J connectivity index is 1.91. The number of hydrogen-bond acceptors (Lipinski definition) is 7. The lowest BCUT2D eigenvalue weighted by Gasteiger charge is -2.15. The molecule has 178 valence electrons. The Hall–Kier alpha value is -4.14. The molecule has 4 N–H and O–H groups in total. The molecule has 0 radical (unpaired) electrons. The highest BCUT2D eigenvalue weighted by Crippen LogP contribution is 2.26. The minimum absolute atomic E-state index is 0.208. The number of carbonyl (C=O) groups excluding carboxylic acids is 1. The van der Waals surface area contributed by atoms with Crippen molar-refractivity contribution in [1.82, 2.24) is 10.1 Å². The molecule has 34 heavy (non-hydrogen) atoms. The summed E-state index contributed by atoms with van der Waals surface area (Å²) in [5.41, 5.74) is 9.14. The van der Waals surface area contributed by atoms with Crippen LogP contribution in [0.1, 0.15) is 48.1 Å². The van der Waals surface area contributed by atoms with Gasteiger partial charge in [0.05, 0.1) is 11.4 Å². The number of aromatic nitrogens is 2. The van der Waals surface area contributed by atoms with Gasteiger partial charge in [-0.3, -0.25) is 4.79 Å². The van der Waals surface area contributed by atoms with E-state index in [4.69, 9.17) is 10.3 Å². The van der Waals surface area contributed by atoms with Gasteiger partial charge in [-0.15, -0.1) is 0 Å². The summed E-state index contributed by atoms with van der Waals surface area (Å²) in [6.07, 6.45) is 1.55. The van der Waals surface area contributed by atoms with E-state index in [0.29, 0.717) is 34.2 Å². The number of nitrogens with zero attached hydrogens (tertiary/aromatic N) is 4. The number of hydrogen-bond donors (Lipinski definition) is 3. The van der Waals surface area contributed by atoms with Crippen molar-refractivity contribution in [3.05, 3.63) is 71.8 Å². The van der Waals surface area contributed by atoms with Gasteiger partial charge in [-0.1, -0.05) is 38.6 Å². The lowest BCUT2D eigenvalue weighted by atomic mass is 9.93. The van der Waals surface area contributed by atoms with Gasteiger partial charge in [0.25, 0.3) is 5.91 Å². The van der Waals surface area contributed by atoms with Gasteiger partial charge in [-0.2, -0.15) is 0 Å². The van der Waals surface area contributed by atoms with Crippen molar-refractivity contribution in [3.63, 3.8) is 0 Å². The zero-order valence-electron chi connectivity index (χ0n) is 20.4. The zero-order valence-corrected chi connectivity index (χ0v) is 20.4. The summed E-state index contributed by atoms with van der Waals surface area (Å²) in [5, 5.41) is 9.74. The molecule has 0 spiro atoms. The number of amidine groups is 1. The smallest absolute Gasteiger partial charge is 0.256 e. The monoisotopic (exact) mass is 461 g/mol. The van der Waals surface area contributed by atoms with E-state index in [1.807, 2.05) is 64.9 Å². The highest BCUT2D eigenvalue weighted by molar-refractivity contribution is 6.05. The standard InChI is InChI=1S/C25H31N7O2/c1-8-27-17-11-12-21(32(6)7)30-22(17)23(26)28-18-13-16(10-9-15(18)2)24(33)29-20-14-19(34-31-20)25(3,4)5/h8-14,27H,1H2,2-7H3,(H2,26,28)(H,29,31,33). The maximum Gasteiger partial charge on any atom is 0.256 e. The van der Waals surface area contributed by atoms with Crippen LogP contribution in [-0.4, -0.2) is 36.0 Å². The summed E-state index contributed by atoms with van der Waals surface area (Å²) in [7, 11) is 3.79. The molecular formula is C25H31N7O2. The quantitative estimate of drug-likeness (QED) is 0.347. The molecule has 0 aliphatic rings. The maximum absolute atomic E-state index is 12.8. The number of nitrogens with one attached hydrogen (secondary N) is 2. The predicted molar refractivity (Wildman–Crippen MR) is 137 cm³/mol. The lowest BCUT2D eigenvalue weighted by Crippen LogP contribution is -2.20. The Morgan fingerprint density at radius 1 is 1.21 bits per heavy atom. The fraction of sp³-hybridized carbons (Fsp3) is 0.280. The van der Waals surface area contributed by atoms with Crippen LogP contribution < -0.4 is 21.3 Å². The first-order valence-corrected chi connectivity index (χ1v) is 10.8. The predicted octanol–water partition coefficient (Wildman–Crippen LogP) is 4.59. The summed E-state index contributed by atoms with van der Waals surface area (Å²) in [4.78, 5) is 23.9. The SMILES string of the molecule is C=CNc1ccc(N(C)C)nc1C(N)=Nc1cc(C(=O)Nc2cc(C(C)(C)C)on2)ccc1C. The van der Waals surface area contributed by atoms with Crippen molar-refractivity contribution >= 4 is 34.8 Å². The van der Waals surface area contributed by atoms with E-state index in [1.165, 1.54) is 0 Å². The Morgan fingerprint density at radius 2 is 1.94 bits per heavy atom. The number of anilines is 3. The summed E-state index contributed by atoms with van der Waals surface area (Å²) < 4.78 is 5.34. The first kappa shape index (κ1) is 24.5. The number of nitrogens with two attached hydrogens (primary N) is 1. The van der Waals surface area contributed by atoms with Crippen LogP contribution in [0.2, 0.25) is 0 Å². The Morgan fingerprint density at radius 3 is 2.56 bits per heavy atom. The molecule has 0 aliphatic carbocycles. The molecular weight excluding hydrogens is 430 g/mol. The van der Waals surface area contributed by atoms with Crippen LogP contribution >= 0.6 is 0 Å². The van der Waals surface area contributed by atoms with Gasteiger partial charge in [-0.05, 0) is 43.0 Å². The van der Waals surface area contributed by atoms with Gasteiger partial charge in [0.2, 0.25) is 0 Å². The number of benzene rings is 1. The van der Waals surface area contributed by atoms with Gasteiger partial charge in [0.1, 0.15) is 17.3 Å². The average Bonchev–Trinajstić information content (AvgIpc) is 3.24. The molecule has 9 heteroatoms.